The zero-order valence-electron chi connectivity index (χ0n) is 7.52. The van der Waals surface area contributed by atoms with Crippen LogP contribution in [-0.2, 0) is 9.59 Å². The van der Waals surface area contributed by atoms with Crippen molar-refractivity contribution >= 4 is 58.3 Å². The summed E-state index contributed by atoms with van der Waals surface area (Å²) in [7, 11) is 0. The summed E-state index contributed by atoms with van der Waals surface area (Å²) in [5, 5.41) is 15.3. The molecule has 7 heteroatoms. The Bertz CT molecular complexity index is 118. The molecule has 0 rings (SSSR count). The van der Waals surface area contributed by atoms with Crippen molar-refractivity contribution < 1.29 is 19.8 Å². The topological polar surface area (TPSA) is 74.6 Å². The fourth-order valence-electron chi connectivity index (χ4n) is 0. The summed E-state index contributed by atoms with van der Waals surface area (Å²) in [6.45, 7) is 0. The number of rotatable bonds is 2. The molecule has 0 atom stereocenters. The molecule has 0 heterocycles. The van der Waals surface area contributed by atoms with Crippen molar-refractivity contribution in [1.29, 1.82) is 0 Å². The molecule has 0 amide bonds. The van der Waals surface area contributed by atoms with Gasteiger partial charge in [-0.1, -0.05) is 0 Å². The van der Waals surface area contributed by atoms with Gasteiger partial charge in [0.05, 0.1) is 11.5 Å². The van der Waals surface area contributed by atoms with E-state index >= 15 is 0 Å². The summed E-state index contributed by atoms with van der Waals surface area (Å²) in [6.07, 6.45) is 0. The van der Waals surface area contributed by atoms with Gasteiger partial charge in [-0.05, 0) is 0 Å². The average molecular weight is 333 g/mol. The summed E-state index contributed by atoms with van der Waals surface area (Å²) < 4.78 is 0. The van der Waals surface area contributed by atoms with Crippen LogP contribution in [0, 0.1) is 0 Å². The maximum absolute atomic E-state index is 9.29. The maximum atomic E-state index is 9.29. The molecule has 2 radical (unpaired) electrons. The Morgan fingerprint density at radius 3 is 1.15 bits per heavy atom. The second-order valence-electron chi connectivity index (χ2n) is 1.60. The third kappa shape index (κ3) is 68.8. The number of carboxylic acids is 2. The van der Waals surface area contributed by atoms with Crippen LogP contribution in [0.3, 0.4) is 0 Å². The van der Waals surface area contributed by atoms with Crippen LogP contribution >= 0.6 is 25.3 Å². The van der Waals surface area contributed by atoms with E-state index in [1.165, 1.54) is 0 Å². The first-order valence-electron chi connectivity index (χ1n) is 3.20. The molecule has 78 valence electrons. The first-order valence-corrected chi connectivity index (χ1v) is 10.2. The van der Waals surface area contributed by atoms with Crippen LogP contribution in [0.25, 0.3) is 0 Å². The second kappa shape index (κ2) is 18.3. The number of carbonyl (C=O) groups is 2. The molecule has 0 aromatic heterocycles. The van der Waals surface area contributed by atoms with E-state index in [2.05, 4.69) is 35.1 Å². The van der Waals surface area contributed by atoms with Crippen LogP contribution < -0.4 is 0 Å². The van der Waals surface area contributed by atoms with Crippen molar-refractivity contribution in [3.05, 3.63) is 0 Å². The molecule has 0 aliphatic heterocycles. The standard InChI is InChI=1S/2C2H4O2S.2CH3.Sn/c2*3-2(4)1-5;;;/h2*5H,1H2,(H,3,4);2*1H3;. The minimum atomic E-state index is -0.881. The minimum absolute atomic E-state index is 0.0833. The van der Waals surface area contributed by atoms with E-state index < -0.39 is 11.9 Å². The van der Waals surface area contributed by atoms with Crippen molar-refractivity contribution in [2.24, 2.45) is 0 Å². The third-order valence-electron chi connectivity index (χ3n) is 0.271. The Kier molecular flexibility index (Phi) is 26.8. The third-order valence-corrected chi connectivity index (χ3v) is 0.812. The summed E-state index contributed by atoms with van der Waals surface area (Å²) in [5.74, 6) is -1.93. The van der Waals surface area contributed by atoms with Crippen LogP contribution in [0.1, 0.15) is 0 Å². The molecule has 0 saturated heterocycles. The van der Waals surface area contributed by atoms with Gasteiger partial charge in [0, 0.05) is 0 Å². The average Bonchev–Trinajstić information content (AvgIpc) is 2.07. The molecular formula is C6H14O4S2Sn. The van der Waals surface area contributed by atoms with Gasteiger partial charge in [-0.25, -0.2) is 0 Å². The van der Waals surface area contributed by atoms with Crippen molar-refractivity contribution in [3.63, 3.8) is 0 Å². The summed E-state index contributed by atoms with van der Waals surface area (Å²) >= 11 is 7.06. The second-order valence-corrected chi connectivity index (χ2v) is 5.09. The number of hydrogen-bond acceptors (Lipinski definition) is 4. The Morgan fingerprint density at radius 1 is 1.08 bits per heavy atom. The van der Waals surface area contributed by atoms with E-state index in [1.807, 2.05) is 0 Å². The molecule has 0 aromatic rings. The van der Waals surface area contributed by atoms with E-state index in [-0.39, 0.29) is 32.6 Å². The van der Waals surface area contributed by atoms with Gasteiger partial charge in [0.1, 0.15) is 0 Å². The van der Waals surface area contributed by atoms with Gasteiger partial charge in [0.25, 0.3) is 0 Å². The first-order chi connectivity index (χ1) is 5.95. The van der Waals surface area contributed by atoms with Gasteiger partial charge in [0.15, 0.2) is 0 Å². The van der Waals surface area contributed by atoms with Crippen LogP contribution in [0.5, 0.6) is 0 Å². The van der Waals surface area contributed by atoms with E-state index in [4.69, 9.17) is 10.2 Å². The molecule has 0 bridgehead atoms. The number of hydrogen-bond donors (Lipinski definition) is 4. The Morgan fingerprint density at radius 2 is 1.15 bits per heavy atom. The fraction of sp³-hybridized carbons (Fsp3) is 0.667. The summed E-state index contributed by atoms with van der Waals surface area (Å²) in [6, 6.07) is 0. The predicted molar refractivity (Wildman–Crippen MR) is 60.5 cm³/mol. The van der Waals surface area contributed by atoms with E-state index in [9.17, 15) is 9.59 Å². The fourth-order valence-corrected chi connectivity index (χ4v) is 0. The van der Waals surface area contributed by atoms with Crippen molar-refractivity contribution in [2.75, 3.05) is 11.5 Å². The van der Waals surface area contributed by atoms with Gasteiger partial charge in [-0.2, -0.15) is 25.3 Å². The van der Waals surface area contributed by atoms with Crippen molar-refractivity contribution in [1.82, 2.24) is 0 Å². The zero-order valence-corrected chi connectivity index (χ0v) is 12.2. The SMILES string of the molecule is O=C(O)CS.O=C(O)CS.[CH3][Sn][CH3]. The molecule has 0 aliphatic carbocycles. The normalized spacial score (nSPS) is 7.08. The molecule has 13 heavy (non-hydrogen) atoms. The summed E-state index contributed by atoms with van der Waals surface area (Å²) in [5.41, 5.74) is 0. The molecule has 0 saturated carbocycles. The molecule has 0 aromatic carbocycles. The Balaban J connectivity index is -0.000000120. The Labute approximate surface area is 99.1 Å². The van der Waals surface area contributed by atoms with E-state index in [1.54, 1.807) is 0 Å². The van der Waals surface area contributed by atoms with Gasteiger partial charge >= 0.3 is 43.0 Å². The van der Waals surface area contributed by atoms with Gasteiger partial charge < -0.3 is 10.2 Å². The van der Waals surface area contributed by atoms with Gasteiger partial charge in [-0.3, -0.25) is 9.59 Å². The first kappa shape index (κ1) is 19.1. The molecule has 2 N–H and O–H groups in total. The number of thiol groups is 2. The van der Waals surface area contributed by atoms with Gasteiger partial charge in [0.2, 0.25) is 0 Å². The quantitative estimate of drug-likeness (QED) is 0.445. The molecule has 0 unspecified atom stereocenters. The number of aliphatic carboxylic acids is 2. The van der Waals surface area contributed by atoms with Crippen molar-refractivity contribution in [3.8, 4) is 0 Å². The van der Waals surface area contributed by atoms with Gasteiger partial charge in [-0.15, -0.1) is 0 Å². The molecule has 4 nitrogen and oxygen atoms in total. The zero-order chi connectivity index (χ0) is 11.3. The predicted octanol–water partition coefficient (Wildman–Crippen LogP) is 0.788. The summed E-state index contributed by atoms with van der Waals surface area (Å²) in [4.78, 5) is 23.2. The van der Waals surface area contributed by atoms with Crippen molar-refractivity contribution in [2.45, 2.75) is 9.88 Å². The number of carboxylic acid groups (broad SMARTS) is 2. The van der Waals surface area contributed by atoms with E-state index in [0.29, 0.717) is 0 Å². The molecule has 0 fully saturated rings. The molecule has 0 aliphatic rings. The van der Waals surface area contributed by atoms with Crippen LogP contribution in [0.2, 0.25) is 9.88 Å². The Hall–Kier alpha value is 0.439. The van der Waals surface area contributed by atoms with Crippen LogP contribution in [-0.4, -0.2) is 54.8 Å². The van der Waals surface area contributed by atoms with E-state index in [0.717, 1.165) is 0 Å². The van der Waals surface area contributed by atoms with Crippen LogP contribution in [0.4, 0.5) is 0 Å². The van der Waals surface area contributed by atoms with Crippen LogP contribution in [0.15, 0.2) is 0 Å². The molecule has 0 spiro atoms. The molecular weight excluding hydrogens is 319 g/mol. The monoisotopic (exact) mass is 334 g/mol.